The lowest BCUT2D eigenvalue weighted by Gasteiger charge is -2.52. The molecule has 5 heteroatoms. The zero-order chi connectivity index (χ0) is 22.2. The number of carbonyl (C=O) groups is 1. The summed E-state index contributed by atoms with van der Waals surface area (Å²) in [5.41, 5.74) is 1.64. The molecule has 3 unspecified atom stereocenters. The highest BCUT2D eigenvalue weighted by Crippen LogP contribution is 2.58. The van der Waals surface area contributed by atoms with E-state index in [1.54, 1.807) is 12.7 Å². The highest BCUT2D eigenvalue weighted by atomic mass is 16.6. The number of methoxy groups -OCH3 is 2. The quantitative estimate of drug-likeness (QED) is 0.541. The maximum Gasteiger partial charge on any atom is 0.407 e. The van der Waals surface area contributed by atoms with Crippen molar-refractivity contribution in [3.63, 3.8) is 0 Å². The Balaban J connectivity index is 1.26. The fraction of sp³-hybridized carbons (Fsp3) is 0.889. The van der Waals surface area contributed by atoms with Crippen molar-refractivity contribution < 1.29 is 19.0 Å². The number of nitrogens with one attached hydrogen (secondary N) is 1. The molecular weight excluding hydrogens is 402 g/mol. The van der Waals surface area contributed by atoms with Crippen molar-refractivity contribution in [1.82, 2.24) is 5.32 Å². The molecule has 0 aromatic heterocycles. The van der Waals surface area contributed by atoms with Gasteiger partial charge >= 0.3 is 6.09 Å². The first-order chi connectivity index (χ1) is 15.5. The summed E-state index contributed by atoms with van der Waals surface area (Å²) < 4.78 is 17.8. The third-order valence-electron chi connectivity index (χ3n) is 9.45. The van der Waals surface area contributed by atoms with E-state index < -0.39 is 0 Å². The van der Waals surface area contributed by atoms with Crippen molar-refractivity contribution in [2.24, 2.45) is 35.5 Å². The molecule has 6 aliphatic carbocycles. The number of alkyl carbamates (subject to hydrolysis) is 1. The normalized spacial score (nSPS) is 43.1. The predicted molar refractivity (Wildman–Crippen MR) is 124 cm³/mol. The highest BCUT2D eigenvalue weighted by Gasteiger charge is 2.48. The van der Waals surface area contributed by atoms with Crippen LogP contribution in [0.25, 0.3) is 0 Å². The van der Waals surface area contributed by atoms with Crippen molar-refractivity contribution in [3.05, 3.63) is 11.3 Å². The van der Waals surface area contributed by atoms with E-state index in [2.05, 4.69) is 12.2 Å². The monoisotopic (exact) mass is 445 g/mol. The van der Waals surface area contributed by atoms with Crippen molar-refractivity contribution in [2.75, 3.05) is 14.2 Å². The molecule has 6 rings (SSSR count). The lowest BCUT2D eigenvalue weighted by atomic mass is 9.53. The van der Waals surface area contributed by atoms with Crippen LogP contribution in [0.5, 0.6) is 0 Å². The van der Waals surface area contributed by atoms with Crippen LogP contribution in [0.4, 0.5) is 4.79 Å². The second kappa shape index (κ2) is 9.56. The molecule has 0 aliphatic heterocycles. The lowest BCUT2D eigenvalue weighted by molar-refractivity contribution is 0.0203. The van der Waals surface area contributed by atoms with Gasteiger partial charge in [0.05, 0.1) is 19.0 Å². The Kier molecular flexibility index (Phi) is 6.74. The highest BCUT2D eigenvalue weighted by molar-refractivity contribution is 5.67. The maximum absolute atomic E-state index is 12.7. The van der Waals surface area contributed by atoms with E-state index in [0.29, 0.717) is 5.92 Å². The largest absolute Gasteiger partial charge is 0.501 e. The minimum Gasteiger partial charge on any atom is -0.501 e. The van der Waals surface area contributed by atoms with Crippen molar-refractivity contribution in [2.45, 2.75) is 102 Å². The van der Waals surface area contributed by atoms with Crippen molar-refractivity contribution in [1.29, 1.82) is 0 Å². The number of ether oxygens (including phenoxy) is 3. The van der Waals surface area contributed by atoms with Gasteiger partial charge < -0.3 is 19.5 Å². The molecule has 6 saturated carbocycles. The van der Waals surface area contributed by atoms with E-state index in [0.717, 1.165) is 74.5 Å². The summed E-state index contributed by atoms with van der Waals surface area (Å²) >= 11 is 0. The first kappa shape index (κ1) is 22.6. The summed E-state index contributed by atoms with van der Waals surface area (Å²) in [6.45, 7) is 2.29. The summed E-state index contributed by atoms with van der Waals surface area (Å²) in [5.74, 6) is 5.68. The molecule has 180 valence electrons. The van der Waals surface area contributed by atoms with Gasteiger partial charge in [-0.3, -0.25) is 0 Å². The molecule has 6 aliphatic rings. The van der Waals surface area contributed by atoms with E-state index in [4.69, 9.17) is 14.2 Å². The third-order valence-corrected chi connectivity index (χ3v) is 9.45. The predicted octanol–water partition coefficient (Wildman–Crippen LogP) is 5.83. The molecule has 1 amide bonds. The van der Waals surface area contributed by atoms with Gasteiger partial charge in [-0.05, 0) is 112 Å². The summed E-state index contributed by atoms with van der Waals surface area (Å²) in [5, 5.41) is 3.20. The maximum atomic E-state index is 12.7. The fourth-order valence-electron chi connectivity index (χ4n) is 8.11. The van der Waals surface area contributed by atoms with Gasteiger partial charge in [0.2, 0.25) is 0 Å². The van der Waals surface area contributed by atoms with Crippen LogP contribution in [-0.4, -0.2) is 38.6 Å². The average Bonchev–Trinajstić information content (AvgIpc) is 2.77. The molecule has 5 nitrogen and oxygen atoms in total. The molecular formula is C27H43NO4. The molecule has 6 fully saturated rings. The summed E-state index contributed by atoms with van der Waals surface area (Å²) in [4.78, 5) is 12.7. The van der Waals surface area contributed by atoms with Gasteiger partial charge in [0.15, 0.2) is 0 Å². The van der Waals surface area contributed by atoms with E-state index >= 15 is 0 Å². The second-order valence-electron chi connectivity index (χ2n) is 11.7. The lowest BCUT2D eigenvalue weighted by Crippen LogP contribution is -2.46. The average molecular weight is 446 g/mol. The van der Waals surface area contributed by atoms with Gasteiger partial charge in [0, 0.05) is 19.1 Å². The Hall–Kier alpha value is -1.23. The molecule has 0 heterocycles. The number of carbonyl (C=O) groups excluding carboxylic acids is 1. The van der Waals surface area contributed by atoms with Gasteiger partial charge in [0.25, 0.3) is 0 Å². The molecule has 0 aromatic rings. The van der Waals surface area contributed by atoms with E-state index in [9.17, 15) is 4.79 Å². The van der Waals surface area contributed by atoms with Crippen LogP contribution in [0.2, 0.25) is 0 Å². The van der Waals surface area contributed by atoms with Gasteiger partial charge in [-0.1, -0.05) is 6.92 Å². The Morgan fingerprint density at radius 1 is 0.812 bits per heavy atom. The van der Waals surface area contributed by atoms with Gasteiger partial charge in [-0.25, -0.2) is 4.79 Å². The number of hydrogen-bond donors (Lipinski definition) is 1. The topological polar surface area (TPSA) is 56.8 Å². The van der Waals surface area contributed by atoms with E-state index in [1.165, 1.54) is 37.9 Å². The van der Waals surface area contributed by atoms with Gasteiger partial charge in [0.1, 0.15) is 6.10 Å². The Labute approximate surface area is 194 Å². The zero-order valence-corrected chi connectivity index (χ0v) is 20.3. The molecule has 1 N–H and O–H groups in total. The SMILES string of the molecule is COC(=C1C2CC3CC(C2)CC1C3)C1CC(NC(=O)OC2CCC(C)CC2)CC(OC)C1. The van der Waals surface area contributed by atoms with Crippen LogP contribution < -0.4 is 5.32 Å². The molecule has 4 bridgehead atoms. The van der Waals surface area contributed by atoms with Crippen LogP contribution >= 0.6 is 0 Å². The van der Waals surface area contributed by atoms with Crippen LogP contribution in [0.3, 0.4) is 0 Å². The first-order valence-corrected chi connectivity index (χ1v) is 13.3. The van der Waals surface area contributed by atoms with E-state index in [1.807, 2.05) is 7.11 Å². The summed E-state index contributed by atoms with van der Waals surface area (Å²) in [6, 6.07) is 0.0799. The third kappa shape index (κ3) is 4.69. The Morgan fingerprint density at radius 3 is 2.06 bits per heavy atom. The van der Waals surface area contributed by atoms with Crippen LogP contribution in [0, 0.1) is 35.5 Å². The second-order valence-corrected chi connectivity index (χ2v) is 11.7. The minimum atomic E-state index is -0.244. The first-order valence-electron chi connectivity index (χ1n) is 13.3. The van der Waals surface area contributed by atoms with Gasteiger partial charge in [-0.15, -0.1) is 0 Å². The van der Waals surface area contributed by atoms with Crippen LogP contribution in [0.1, 0.15) is 84.0 Å². The van der Waals surface area contributed by atoms with Crippen LogP contribution in [-0.2, 0) is 14.2 Å². The molecule has 0 aromatic carbocycles. The smallest absolute Gasteiger partial charge is 0.407 e. The minimum absolute atomic E-state index is 0.0773. The molecule has 0 spiro atoms. The molecule has 3 atom stereocenters. The Bertz CT molecular complexity index is 680. The molecule has 0 saturated heterocycles. The van der Waals surface area contributed by atoms with Crippen LogP contribution in [0.15, 0.2) is 11.3 Å². The molecule has 0 radical (unpaired) electrons. The van der Waals surface area contributed by atoms with Crippen molar-refractivity contribution in [3.8, 4) is 0 Å². The number of hydrogen-bond acceptors (Lipinski definition) is 4. The number of amides is 1. The van der Waals surface area contributed by atoms with E-state index in [-0.39, 0.29) is 24.3 Å². The summed E-state index contributed by atoms with van der Waals surface area (Å²) in [6.07, 6.45) is 14.0. The standard InChI is InChI=1S/C27H43NO4/c1-16-4-6-23(7-5-16)32-27(29)28-22-13-21(14-24(15-22)30-2)26(31-3)25-19-9-17-8-18(11-19)12-20(25)10-17/h16-24H,4-15H2,1-3H3,(H,28,29). The van der Waals surface area contributed by atoms with Crippen molar-refractivity contribution >= 4 is 6.09 Å². The Morgan fingerprint density at radius 2 is 1.47 bits per heavy atom. The summed E-state index contributed by atoms with van der Waals surface area (Å²) in [7, 11) is 3.67. The molecule has 32 heavy (non-hydrogen) atoms. The number of rotatable bonds is 5. The zero-order valence-electron chi connectivity index (χ0n) is 20.3. The number of allylic oxidation sites excluding steroid dienone is 2. The van der Waals surface area contributed by atoms with Gasteiger partial charge in [-0.2, -0.15) is 0 Å². The fourth-order valence-corrected chi connectivity index (χ4v) is 8.11.